The van der Waals surface area contributed by atoms with Gasteiger partial charge in [0.05, 0.1) is 6.10 Å². The van der Waals surface area contributed by atoms with Crippen LogP contribution in [0.2, 0.25) is 36.3 Å². The second kappa shape index (κ2) is 9.35. The molecule has 0 aliphatic rings. The largest absolute Gasteiger partial charge is 0.417 e. The Hall–Kier alpha value is 0.824. The average molecular weight is 499 g/mol. The predicted molar refractivity (Wildman–Crippen MR) is 127 cm³/mol. The Morgan fingerprint density at radius 1 is 0.960 bits per heavy atom. The minimum atomic E-state index is -1.79. The molecule has 0 radical (unpaired) electrons. The number of allylic oxidation sites excluding steroid dienone is 1. The lowest BCUT2D eigenvalue weighted by Gasteiger charge is -2.41. The van der Waals surface area contributed by atoms with E-state index in [9.17, 15) is 0 Å². The van der Waals surface area contributed by atoms with Crippen LogP contribution in [0.5, 0.6) is 0 Å². The van der Waals surface area contributed by atoms with Crippen molar-refractivity contribution in [3.8, 4) is 0 Å². The van der Waals surface area contributed by atoms with Crippen LogP contribution in [0, 0.1) is 5.92 Å². The molecular weight excluding hydrogens is 455 g/mol. The molecule has 0 N–H and O–H groups in total. The molecule has 0 fully saturated rings. The van der Waals surface area contributed by atoms with E-state index in [1.807, 2.05) is 0 Å². The Morgan fingerprint density at radius 3 is 1.76 bits per heavy atom. The Balaban J connectivity index is 5.15. The van der Waals surface area contributed by atoms with Gasteiger partial charge >= 0.3 is 0 Å². The lowest BCUT2D eigenvalue weighted by Crippen LogP contribution is -2.46. The van der Waals surface area contributed by atoms with E-state index in [2.05, 4.69) is 110 Å². The van der Waals surface area contributed by atoms with Crippen LogP contribution in [0.25, 0.3) is 0 Å². The van der Waals surface area contributed by atoms with Gasteiger partial charge in [0.15, 0.2) is 16.6 Å². The number of rotatable bonds is 8. The lowest BCUT2D eigenvalue weighted by molar-refractivity contribution is 0.113. The summed E-state index contributed by atoms with van der Waals surface area (Å²) in [6.45, 7) is 28.4. The van der Waals surface area contributed by atoms with Gasteiger partial charge in [0, 0.05) is 12.5 Å². The van der Waals surface area contributed by atoms with Crippen LogP contribution in [0.15, 0.2) is 9.66 Å². The maximum atomic E-state index is 6.79. The molecule has 0 saturated carbocycles. The highest BCUT2D eigenvalue weighted by atomic mass is 127. The minimum absolute atomic E-state index is 0.230. The maximum Gasteiger partial charge on any atom is 0.192 e. The highest BCUT2D eigenvalue weighted by Crippen LogP contribution is 2.39. The fourth-order valence-electron chi connectivity index (χ4n) is 2.10. The van der Waals surface area contributed by atoms with Crippen molar-refractivity contribution in [2.75, 3.05) is 6.61 Å². The van der Waals surface area contributed by atoms with Crippen molar-refractivity contribution in [2.24, 2.45) is 5.92 Å². The van der Waals surface area contributed by atoms with Crippen molar-refractivity contribution in [3.63, 3.8) is 0 Å². The first-order chi connectivity index (χ1) is 10.9. The fourth-order valence-corrected chi connectivity index (χ4v) is 5.17. The van der Waals surface area contributed by atoms with Gasteiger partial charge in [0.2, 0.25) is 0 Å². The van der Waals surface area contributed by atoms with Crippen LogP contribution in [0.1, 0.15) is 61.8 Å². The van der Waals surface area contributed by atoms with E-state index in [0.717, 1.165) is 13.0 Å². The Labute approximate surface area is 173 Å². The Bertz CT molecular complexity index is 442. The topological polar surface area (TPSA) is 18.5 Å². The van der Waals surface area contributed by atoms with E-state index >= 15 is 0 Å². The molecule has 5 heteroatoms. The first kappa shape index (κ1) is 25.8. The normalized spacial score (nSPS) is 17.6. The zero-order valence-electron chi connectivity index (χ0n) is 18.8. The molecule has 2 atom stereocenters. The van der Waals surface area contributed by atoms with Crippen molar-refractivity contribution in [1.29, 1.82) is 0 Å². The molecule has 0 unspecified atom stereocenters. The molecule has 25 heavy (non-hydrogen) atoms. The van der Waals surface area contributed by atoms with Gasteiger partial charge in [-0.2, -0.15) is 0 Å². The summed E-state index contributed by atoms with van der Waals surface area (Å²) in [6, 6.07) is 0. The first-order valence-electron chi connectivity index (χ1n) is 9.56. The van der Waals surface area contributed by atoms with Gasteiger partial charge in [-0.3, -0.25) is 0 Å². The van der Waals surface area contributed by atoms with Gasteiger partial charge in [0.25, 0.3) is 0 Å². The number of halogens is 1. The van der Waals surface area contributed by atoms with Crippen LogP contribution >= 0.6 is 22.6 Å². The summed E-state index contributed by atoms with van der Waals surface area (Å²) in [5.74, 6) is 0.411. The standard InChI is InChI=1S/C20H43IO2Si2/c1-16(15-17(2)21)18(23-25(11,12)20(6,7)8)13-14-22-24(9,10)19(3,4)5/h15-16,18H,13-14H2,1-12H3/b17-15+/t16-,18-/m0/s1. The molecule has 0 aromatic heterocycles. The van der Waals surface area contributed by atoms with Crippen molar-refractivity contribution < 1.29 is 8.85 Å². The summed E-state index contributed by atoms with van der Waals surface area (Å²) in [5.41, 5.74) is 0. The summed E-state index contributed by atoms with van der Waals surface area (Å²) in [6.07, 6.45) is 3.54. The molecule has 150 valence electrons. The van der Waals surface area contributed by atoms with Gasteiger partial charge in [-0.25, -0.2) is 0 Å². The van der Waals surface area contributed by atoms with E-state index in [4.69, 9.17) is 8.85 Å². The smallest absolute Gasteiger partial charge is 0.192 e. The third kappa shape index (κ3) is 8.58. The van der Waals surface area contributed by atoms with E-state index in [-0.39, 0.29) is 16.2 Å². The number of hydrogen-bond donors (Lipinski definition) is 0. The number of hydrogen-bond acceptors (Lipinski definition) is 2. The van der Waals surface area contributed by atoms with Gasteiger partial charge in [-0.05, 0) is 75.8 Å². The summed E-state index contributed by atoms with van der Waals surface area (Å²) in [7, 11) is -3.49. The van der Waals surface area contributed by atoms with Crippen LogP contribution in [0.3, 0.4) is 0 Å². The van der Waals surface area contributed by atoms with Gasteiger partial charge < -0.3 is 8.85 Å². The minimum Gasteiger partial charge on any atom is -0.417 e. The molecule has 0 amide bonds. The van der Waals surface area contributed by atoms with Crippen LogP contribution < -0.4 is 0 Å². The summed E-state index contributed by atoms with van der Waals surface area (Å²) < 4.78 is 14.6. The third-order valence-corrected chi connectivity index (χ3v) is 15.4. The summed E-state index contributed by atoms with van der Waals surface area (Å²) >= 11 is 2.40. The summed E-state index contributed by atoms with van der Waals surface area (Å²) in [4.78, 5) is 0. The molecule has 0 bridgehead atoms. The van der Waals surface area contributed by atoms with Gasteiger partial charge in [-0.1, -0.05) is 54.5 Å². The van der Waals surface area contributed by atoms with Crippen LogP contribution in [-0.2, 0) is 8.85 Å². The SMILES string of the molecule is C/C(I)=C\[C@H](C)[C@H](CCO[Si](C)(C)C(C)(C)C)O[Si](C)(C)C(C)(C)C. The maximum absolute atomic E-state index is 6.79. The van der Waals surface area contributed by atoms with E-state index in [1.54, 1.807) is 0 Å². The second-order valence-electron chi connectivity index (χ2n) is 10.4. The summed E-state index contributed by atoms with van der Waals surface area (Å²) in [5, 5.41) is 0.488. The van der Waals surface area contributed by atoms with Crippen molar-refractivity contribution in [1.82, 2.24) is 0 Å². The molecule has 0 aromatic rings. The van der Waals surface area contributed by atoms with Crippen molar-refractivity contribution in [2.45, 2.75) is 104 Å². The molecule has 0 rings (SSSR count). The molecule has 0 aliphatic heterocycles. The molecule has 0 spiro atoms. The van der Waals surface area contributed by atoms with Crippen molar-refractivity contribution >= 4 is 39.2 Å². The predicted octanol–water partition coefficient (Wildman–Crippen LogP) is 7.76. The van der Waals surface area contributed by atoms with Crippen molar-refractivity contribution in [3.05, 3.63) is 9.66 Å². The highest BCUT2D eigenvalue weighted by molar-refractivity contribution is 14.1. The second-order valence-corrected chi connectivity index (χ2v) is 21.7. The van der Waals surface area contributed by atoms with Crippen LogP contribution in [-0.4, -0.2) is 29.3 Å². The van der Waals surface area contributed by atoms with Crippen LogP contribution in [0.4, 0.5) is 0 Å². The monoisotopic (exact) mass is 498 g/mol. The van der Waals surface area contributed by atoms with Gasteiger partial charge in [-0.15, -0.1) is 0 Å². The zero-order chi connectivity index (χ0) is 20.3. The lowest BCUT2D eigenvalue weighted by atomic mass is 10.0. The Morgan fingerprint density at radius 2 is 1.40 bits per heavy atom. The quantitative estimate of drug-likeness (QED) is 0.251. The fraction of sp³-hybridized carbons (Fsp3) is 0.900. The highest BCUT2D eigenvalue weighted by Gasteiger charge is 2.41. The first-order valence-corrected chi connectivity index (χ1v) is 16.5. The average Bonchev–Trinajstić information content (AvgIpc) is 2.33. The van der Waals surface area contributed by atoms with E-state index in [1.165, 1.54) is 3.58 Å². The molecule has 0 saturated heterocycles. The van der Waals surface area contributed by atoms with E-state index < -0.39 is 16.6 Å². The Kier molecular flexibility index (Phi) is 9.66. The zero-order valence-corrected chi connectivity index (χ0v) is 23.0. The molecular formula is C20H43IO2Si2. The third-order valence-electron chi connectivity index (χ3n) is 6.00. The molecule has 0 heterocycles. The van der Waals surface area contributed by atoms with E-state index in [0.29, 0.717) is 5.92 Å². The molecule has 0 aliphatic carbocycles. The van der Waals surface area contributed by atoms with Gasteiger partial charge in [0.1, 0.15) is 0 Å². The molecule has 0 aromatic carbocycles. The molecule has 2 nitrogen and oxygen atoms in total.